The van der Waals surface area contributed by atoms with Gasteiger partial charge in [0.2, 0.25) is 0 Å². The lowest BCUT2D eigenvalue weighted by Gasteiger charge is -2.11. The number of unbranched alkanes of at least 4 members (excludes halogenated alkanes) is 1. The molecule has 2 aromatic carbocycles. The zero-order valence-electron chi connectivity index (χ0n) is 17.7. The van der Waals surface area contributed by atoms with Crippen molar-refractivity contribution in [3.8, 4) is 22.8 Å². The zero-order valence-corrected chi connectivity index (χ0v) is 18.5. The van der Waals surface area contributed by atoms with Gasteiger partial charge < -0.3 is 4.74 Å². The van der Waals surface area contributed by atoms with Crippen LogP contribution >= 0.6 is 11.8 Å². The van der Waals surface area contributed by atoms with Crippen molar-refractivity contribution in [1.29, 1.82) is 0 Å². The van der Waals surface area contributed by atoms with Crippen molar-refractivity contribution < 1.29 is 4.74 Å². The molecule has 0 aliphatic heterocycles. The van der Waals surface area contributed by atoms with Crippen molar-refractivity contribution in [3.63, 3.8) is 0 Å². The van der Waals surface area contributed by atoms with Gasteiger partial charge in [0.25, 0.3) is 0 Å². The van der Waals surface area contributed by atoms with Crippen LogP contribution in [0.3, 0.4) is 0 Å². The number of aryl methyl sites for hydroxylation is 1. The molecule has 0 saturated carbocycles. The molecule has 0 spiro atoms. The summed E-state index contributed by atoms with van der Waals surface area (Å²) >= 11 is 1.57. The minimum absolute atomic E-state index is 0.612. The highest BCUT2D eigenvalue weighted by molar-refractivity contribution is 7.98. The average Bonchev–Trinajstić information content (AvgIpc) is 3.44. The normalized spacial score (nSPS) is 11.0. The zero-order chi connectivity index (χ0) is 21.5. The second kappa shape index (κ2) is 10.2. The molecule has 0 unspecified atom stereocenters. The summed E-state index contributed by atoms with van der Waals surface area (Å²) in [6.07, 6.45) is 2.14. The number of tetrazole rings is 1. The van der Waals surface area contributed by atoms with Gasteiger partial charge in [0, 0.05) is 17.8 Å². The number of hydrogen-bond acceptors (Lipinski definition) is 7. The molecule has 160 valence electrons. The molecule has 0 radical (unpaired) electrons. The number of hydrogen-bond donors (Lipinski definition) is 0. The molecular weight excluding hydrogens is 410 g/mol. The molecule has 2 aromatic heterocycles. The van der Waals surface area contributed by atoms with Gasteiger partial charge in [-0.2, -0.15) is 0 Å². The first-order valence-electron chi connectivity index (χ1n) is 10.4. The Bertz CT molecular complexity index is 1090. The van der Waals surface area contributed by atoms with E-state index in [-0.39, 0.29) is 0 Å². The summed E-state index contributed by atoms with van der Waals surface area (Å²) in [4.78, 5) is 0. The third kappa shape index (κ3) is 4.93. The van der Waals surface area contributed by atoms with Gasteiger partial charge in [-0.15, -0.1) is 15.3 Å². The van der Waals surface area contributed by atoms with Crippen molar-refractivity contribution in [2.75, 3.05) is 6.61 Å². The van der Waals surface area contributed by atoms with Crippen molar-refractivity contribution in [2.24, 2.45) is 0 Å². The first-order chi connectivity index (χ1) is 15.3. The lowest BCUT2D eigenvalue weighted by molar-refractivity contribution is 0.340. The molecule has 0 fully saturated rings. The molecule has 8 nitrogen and oxygen atoms in total. The number of benzene rings is 2. The Morgan fingerprint density at radius 3 is 2.48 bits per heavy atom. The highest BCUT2D eigenvalue weighted by atomic mass is 32.2. The summed E-state index contributed by atoms with van der Waals surface area (Å²) in [6.45, 7) is 5.59. The van der Waals surface area contributed by atoms with E-state index in [4.69, 9.17) is 4.74 Å². The number of nitrogens with zero attached hydrogens (tertiary/aromatic N) is 7. The molecule has 0 atom stereocenters. The topological polar surface area (TPSA) is 83.5 Å². The summed E-state index contributed by atoms with van der Waals surface area (Å²) in [7, 11) is 0. The van der Waals surface area contributed by atoms with E-state index in [1.807, 2.05) is 66.2 Å². The fourth-order valence-electron chi connectivity index (χ4n) is 3.17. The third-order valence-corrected chi connectivity index (χ3v) is 5.66. The highest BCUT2D eigenvalue weighted by Gasteiger charge is 2.17. The monoisotopic (exact) mass is 435 g/mol. The number of rotatable bonds is 10. The smallest absolute Gasteiger partial charge is 0.196 e. The standard InChI is InChI=1S/C22H25N7OS/c1-3-5-15-28-20(23-26-27-28)16-31-22-25-24-21(17-9-7-6-8-10-17)29(22)18-11-13-19(14-12-18)30-4-2/h6-14H,3-5,15-16H2,1-2H3. The van der Waals surface area contributed by atoms with Gasteiger partial charge in [-0.05, 0) is 48.0 Å². The largest absolute Gasteiger partial charge is 0.494 e. The fourth-order valence-corrected chi connectivity index (χ4v) is 4.05. The van der Waals surface area contributed by atoms with Gasteiger partial charge in [0.15, 0.2) is 16.8 Å². The SMILES string of the molecule is CCCCn1nnnc1CSc1nnc(-c2ccccc2)n1-c1ccc(OCC)cc1. The van der Waals surface area contributed by atoms with Crippen LogP contribution in [-0.4, -0.2) is 41.6 Å². The van der Waals surface area contributed by atoms with Crippen LogP contribution in [0.4, 0.5) is 0 Å². The van der Waals surface area contributed by atoms with E-state index in [9.17, 15) is 0 Å². The lowest BCUT2D eigenvalue weighted by Crippen LogP contribution is -2.06. The average molecular weight is 436 g/mol. The van der Waals surface area contributed by atoms with Crippen LogP contribution < -0.4 is 4.74 Å². The molecule has 9 heteroatoms. The van der Waals surface area contributed by atoms with Crippen molar-refractivity contribution in [3.05, 3.63) is 60.4 Å². The van der Waals surface area contributed by atoms with Gasteiger partial charge in [-0.25, -0.2) is 4.68 Å². The second-order valence-corrected chi connectivity index (χ2v) is 7.84. The van der Waals surface area contributed by atoms with E-state index in [1.165, 1.54) is 0 Å². The van der Waals surface area contributed by atoms with Crippen LogP contribution in [0.15, 0.2) is 59.8 Å². The van der Waals surface area contributed by atoms with E-state index >= 15 is 0 Å². The molecule has 2 heterocycles. The van der Waals surface area contributed by atoms with Gasteiger partial charge in [0.05, 0.1) is 12.4 Å². The number of thioether (sulfide) groups is 1. The van der Waals surface area contributed by atoms with Crippen LogP contribution in [0.25, 0.3) is 17.1 Å². The number of ether oxygens (including phenoxy) is 1. The molecule has 0 aliphatic rings. The van der Waals surface area contributed by atoms with Gasteiger partial charge in [0.1, 0.15) is 5.75 Å². The Balaban J connectivity index is 1.65. The van der Waals surface area contributed by atoms with E-state index < -0.39 is 0 Å². The van der Waals surface area contributed by atoms with Crippen LogP contribution in [0.1, 0.15) is 32.5 Å². The van der Waals surface area contributed by atoms with Gasteiger partial charge in [-0.3, -0.25) is 4.57 Å². The Labute approximate surface area is 185 Å². The van der Waals surface area contributed by atoms with E-state index in [2.05, 4.69) is 37.2 Å². The fraction of sp³-hybridized carbons (Fsp3) is 0.318. The predicted molar refractivity (Wildman–Crippen MR) is 120 cm³/mol. The summed E-state index contributed by atoms with van der Waals surface area (Å²) in [5, 5.41) is 21.9. The quantitative estimate of drug-likeness (QED) is 0.341. The minimum Gasteiger partial charge on any atom is -0.494 e. The Morgan fingerprint density at radius 1 is 0.935 bits per heavy atom. The molecule has 0 saturated heterocycles. The summed E-state index contributed by atoms with van der Waals surface area (Å²) in [5.74, 6) is 3.07. The maximum absolute atomic E-state index is 5.59. The van der Waals surface area contributed by atoms with Gasteiger partial charge >= 0.3 is 0 Å². The minimum atomic E-state index is 0.612. The molecule has 0 aliphatic carbocycles. The van der Waals surface area contributed by atoms with Crippen molar-refractivity contribution in [1.82, 2.24) is 35.0 Å². The number of aromatic nitrogens is 7. The summed E-state index contributed by atoms with van der Waals surface area (Å²) < 4.78 is 9.53. The van der Waals surface area contributed by atoms with Crippen LogP contribution in [0.2, 0.25) is 0 Å². The highest BCUT2D eigenvalue weighted by Crippen LogP contribution is 2.30. The summed E-state index contributed by atoms with van der Waals surface area (Å²) in [6, 6.07) is 18.0. The van der Waals surface area contributed by atoms with Crippen LogP contribution in [0, 0.1) is 0 Å². The van der Waals surface area contributed by atoms with E-state index in [0.717, 1.165) is 53.2 Å². The first kappa shape index (κ1) is 21.0. The second-order valence-electron chi connectivity index (χ2n) is 6.90. The van der Waals surface area contributed by atoms with E-state index in [0.29, 0.717) is 12.4 Å². The maximum Gasteiger partial charge on any atom is 0.196 e. The van der Waals surface area contributed by atoms with E-state index in [1.54, 1.807) is 11.8 Å². The predicted octanol–water partition coefficient (Wildman–Crippen LogP) is 4.41. The Kier molecular flexibility index (Phi) is 6.93. The van der Waals surface area contributed by atoms with Gasteiger partial charge in [-0.1, -0.05) is 55.4 Å². The molecule has 0 bridgehead atoms. The van der Waals surface area contributed by atoms with Crippen LogP contribution in [0.5, 0.6) is 5.75 Å². The molecule has 4 aromatic rings. The van der Waals surface area contributed by atoms with Crippen molar-refractivity contribution in [2.45, 2.75) is 44.1 Å². The Morgan fingerprint density at radius 2 is 1.74 bits per heavy atom. The lowest BCUT2D eigenvalue weighted by atomic mass is 10.2. The first-order valence-corrected chi connectivity index (χ1v) is 11.4. The molecule has 31 heavy (non-hydrogen) atoms. The Hall–Kier alpha value is -3.20. The molecule has 0 amide bonds. The van der Waals surface area contributed by atoms with Crippen LogP contribution in [-0.2, 0) is 12.3 Å². The third-order valence-electron chi connectivity index (χ3n) is 4.73. The maximum atomic E-state index is 5.59. The summed E-state index contributed by atoms with van der Waals surface area (Å²) in [5.41, 5.74) is 1.98. The molecule has 0 N–H and O–H groups in total. The molecular formula is C22H25N7OS. The molecule has 4 rings (SSSR count). The van der Waals surface area contributed by atoms with Crippen molar-refractivity contribution >= 4 is 11.8 Å².